The summed E-state index contributed by atoms with van der Waals surface area (Å²) in [6, 6.07) is 14.3. The van der Waals surface area contributed by atoms with Gasteiger partial charge in [-0.1, -0.05) is 24.3 Å². The van der Waals surface area contributed by atoms with E-state index >= 15 is 0 Å². The maximum Gasteiger partial charge on any atom is 0.413 e. The van der Waals surface area contributed by atoms with Crippen molar-refractivity contribution in [2.45, 2.75) is 84.0 Å². The Morgan fingerprint density at radius 3 is 1.86 bits per heavy atom. The normalized spacial score (nSPS) is 18.0. The molecule has 2 aliphatic rings. The molecule has 0 aromatic heterocycles. The minimum atomic E-state index is -3.48. The molecule has 4 atom stereocenters. The lowest BCUT2D eigenvalue weighted by atomic mass is 10.0. The molecule has 0 saturated carbocycles. The number of phenols is 1. The number of amides is 1. The van der Waals surface area contributed by atoms with Crippen LogP contribution in [0.15, 0.2) is 48.5 Å². The quantitative estimate of drug-likeness (QED) is 0.131. The zero-order valence-corrected chi connectivity index (χ0v) is 32.2. The van der Waals surface area contributed by atoms with Crippen LogP contribution in [0.5, 0.6) is 11.5 Å². The number of hydrogen-bond donors (Lipinski definition) is 2. The summed E-state index contributed by atoms with van der Waals surface area (Å²) >= 11 is 0. The molecule has 13 nitrogen and oxygen atoms in total. The molecule has 1 amide bonds. The average Bonchev–Trinajstić information content (AvgIpc) is 3.73. The molecule has 2 unspecified atom stereocenters. The van der Waals surface area contributed by atoms with Gasteiger partial charge < -0.3 is 34.3 Å². The van der Waals surface area contributed by atoms with Gasteiger partial charge in [-0.3, -0.25) is 13.8 Å². The molecule has 2 aliphatic heterocycles. The number of esters is 2. The summed E-state index contributed by atoms with van der Waals surface area (Å²) in [7, 11) is -3.48. The second kappa shape index (κ2) is 21.6. The van der Waals surface area contributed by atoms with Crippen LogP contribution in [-0.4, -0.2) is 99.9 Å². The molecule has 0 radical (unpaired) electrons. The molecule has 2 aromatic rings. The van der Waals surface area contributed by atoms with Gasteiger partial charge in [-0.15, -0.1) is 12.4 Å². The van der Waals surface area contributed by atoms with Crippen LogP contribution in [0.1, 0.15) is 77.3 Å². The van der Waals surface area contributed by atoms with E-state index in [9.17, 15) is 22.8 Å². The molecule has 4 rings (SSSR count). The first-order valence-electron chi connectivity index (χ1n) is 16.7. The van der Waals surface area contributed by atoms with E-state index in [4.69, 9.17) is 28.2 Å². The topological polar surface area (TPSA) is 167 Å². The monoisotopic (exact) mass is 757 g/mol. The molecule has 2 heterocycles. The minimum Gasteiger partial charge on any atom is -0.508 e. The van der Waals surface area contributed by atoms with E-state index in [0.717, 1.165) is 42.6 Å². The van der Waals surface area contributed by atoms with Crippen LogP contribution >= 0.6 is 12.4 Å². The number of rotatable bonds is 11. The molecular weight excluding hydrogens is 704 g/mol. The second-order valence-electron chi connectivity index (χ2n) is 12.6. The number of hydrogen-bond acceptors (Lipinski definition) is 12. The molecule has 2 fully saturated rings. The van der Waals surface area contributed by atoms with Crippen molar-refractivity contribution in [2.75, 3.05) is 45.6 Å². The first kappa shape index (κ1) is 45.3. The van der Waals surface area contributed by atoms with Crippen molar-refractivity contribution in [1.29, 1.82) is 0 Å². The Kier molecular flexibility index (Phi) is 19.2. The molecule has 51 heavy (non-hydrogen) atoms. The van der Waals surface area contributed by atoms with E-state index in [1.807, 2.05) is 38.1 Å². The molecule has 0 aliphatic carbocycles. The number of nitrogens with one attached hydrogen (secondary N) is 1. The Morgan fingerprint density at radius 1 is 0.922 bits per heavy atom. The highest BCUT2D eigenvalue weighted by Gasteiger charge is 2.33. The number of ether oxygens (including phenoxy) is 4. The SMILES string of the molecule is CCOC(=O)C(C)c1ccc(O)cc1.CCOC(=O)C(C)c1ccc(O[C@@H]2CCNC2)cc1.Cl.[CH2+]C(C)(C)OC(=O)N1CC[C@H](OS(C)(=O)=O)C1. The van der Waals surface area contributed by atoms with Crippen molar-refractivity contribution in [3.8, 4) is 11.5 Å². The number of carbonyl (C=O) groups is 3. The number of phenolic OH excluding ortho intramolecular Hbond substituents is 1. The van der Waals surface area contributed by atoms with Crippen molar-refractivity contribution >= 4 is 40.6 Å². The number of likely N-dealkylation sites (tertiary alicyclic amines) is 1. The zero-order chi connectivity index (χ0) is 37.5. The highest BCUT2D eigenvalue weighted by Crippen LogP contribution is 2.23. The van der Waals surface area contributed by atoms with Gasteiger partial charge in [0.2, 0.25) is 5.60 Å². The molecular formula is C36H54ClN2O11S+. The van der Waals surface area contributed by atoms with Gasteiger partial charge in [0.25, 0.3) is 10.1 Å². The number of nitrogens with zero attached hydrogens (tertiary/aromatic N) is 1. The van der Waals surface area contributed by atoms with Crippen LogP contribution in [0.3, 0.4) is 0 Å². The fourth-order valence-electron chi connectivity index (χ4n) is 4.85. The van der Waals surface area contributed by atoms with Crippen molar-refractivity contribution in [3.05, 3.63) is 66.6 Å². The molecule has 2 saturated heterocycles. The third kappa shape index (κ3) is 17.4. The molecule has 2 aromatic carbocycles. The number of halogens is 1. The Labute approximate surface area is 308 Å². The van der Waals surface area contributed by atoms with Crippen LogP contribution in [0, 0.1) is 6.92 Å². The van der Waals surface area contributed by atoms with Gasteiger partial charge in [-0.25, -0.2) is 4.79 Å². The van der Waals surface area contributed by atoms with Crippen LogP contribution in [0.25, 0.3) is 0 Å². The van der Waals surface area contributed by atoms with Gasteiger partial charge in [0.15, 0.2) is 0 Å². The summed E-state index contributed by atoms with van der Waals surface area (Å²) in [5, 5.41) is 12.3. The van der Waals surface area contributed by atoms with Crippen molar-refractivity contribution in [3.63, 3.8) is 0 Å². The maximum atomic E-state index is 11.6. The van der Waals surface area contributed by atoms with Crippen LogP contribution in [-0.2, 0) is 38.1 Å². The van der Waals surface area contributed by atoms with E-state index in [-0.39, 0.29) is 54.6 Å². The van der Waals surface area contributed by atoms with E-state index in [1.165, 1.54) is 4.90 Å². The Hall–Kier alpha value is -3.72. The number of aromatic hydroxyl groups is 1. The minimum absolute atomic E-state index is 0. The highest BCUT2D eigenvalue weighted by molar-refractivity contribution is 7.86. The summed E-state index contributed by atoms with van der Waals surface area (Å²) in [6.07, 6.45) is 1.80. The second-order valence-corrected chi connectivity index (χ2v) is 14.2. The fraction of sp³-hybridized carbons (Fsp3) is 0.556. The summed E-state index contributed by atoms with van der Waals surface area (Å²) in [4.78, 5) is 36.0. The van der Waals surface area contributed by atoms with E-state index in [0.29, 0.717) is 26.2 Å². The maximum absolute atomic E-state index is 11.6. The van der Waals surface area contributed by atoms with Crippen molar-refractivity contribution in [2.24, 2.45) is 0 Å². The lowest BCUT2D eigenvalue weighted by Crippen LogP contribution is -2.36. The van der Waals surface area contributed by atoms with Gasteiger partial charge >= 0.3 is 18.0 Å². The van der Waals surface area contributed by atoms with Gasteiger partial charge in [0.1, 0.15) is 24.5 Å². The van der Waals surface area contributed by atoms with Gasteiger partial charge in [-0.2, -0.15) is 8.42 Å². The van der Waals surface area contributed by atoms with E-state index in [2.05, 4.69) is 12.2 Å². The molecule has 15 heteroatoms. The Balaban J connectivity index is 0.000000383. The van der Waals surface area contributed by atoms with E-state index < -0.39 is 27.9 Å². The van der Waals surface area contributed by atoms with E-state index in [1.54, 1.807) is 52.0 Å². The average molecular weight is 758 g/mol. The Morgan fingerprint density at radius 2 is 1.43 bits per heavy atom. The van der Waals surface area contributed by atoms with Gasteiger partial charge in [0, 0.05) is 26.9 Å². The molecule has 0 bridgehead atoms. The highest BCUT2D eigenvalue weighted by atomic mass is 35.5. The van der Waals surface area contributed by atoms with Gasteiger partial charge in [-0.05, 0) is 82.5 Å². The molecule has 0 spiro atoms. The standard InChI is InChI=1S/C15H21NO3.C11H14O3.C10H18NO5S.ClH/c1-3-18-15(17)11(2)12-4-6-13(7-5-12)19-14-8-9-16-10-14;1-3-14-11(13)8(2)9-4-6-10(12)7-5-9;1-10(2,3)15-9(12)11-6-5-8(7-11)16-17(4,13)14;/h4-7,11,14,16H,3,8-10H2,1-2H3;4-8,12H,3H2,1-2H3;8H,1,5-7H2,2-4H3;1H/q;;+1;/t11?,14-;;8-;/m1.0./s1. The molecule has 286 valence electrons. The molecule has 2 N–H and O–H groups in total. The zero-order valence-electron chi connectivity index (χ0n) is 30.6. The van der Waals surface area contributed by atoms with Gasteiger partial charge in [0.05, 0.1) is 44.0 Å². The number of carbonyl (C=O) groups excluding carboxylic acids is 3. The third-order valence-corrected chi connectivity index (χ3v) is 8.07. The largest absolute Gasteiger partial charge is 0.508 e. The first-order chi connectivity index (χ1) is 23.4. The third-order valence-electron chi connectivity index (χ3n) is 7.45. The lowest BCUT2D eigenvalue weighted by molar-refractivity contribution is -0.145. The summed E-state index contributed by atoms with van der Waals surface area (Å²) in [5.41, 5.74) is 1.00. The van der Waals surface area contributed by atoms with Crippen LogP contribution < -0.4 is 10.1 Å². The predicted octanol–water partition coefficient (Wildman–Crippen LogP) is 5.36. The van der Waals surface area contributed by atoms with Crippen LogP contribution in [0.2, 0.25) is 0 Å². The predicted molar refractivity (Wildman–Crippen MR) is 196 cm³/mol. The Bertz CT molecular complexity index is 1460. The summed E-state index contributed by atoms with van der Waals surface area (Å²) in [6.45, 7) is 17.6. The van der Waals surface area contributed by atoms with Crippen molar-refractivity contribution < 1.29 is 51.0 Å². The van der Waals surface area contributed by atoms with Crippen molar-refractivity contribution in [1.82, 2.24) is 10.2 Å². The smallest absolute Gasteiger partial charge is 0.413 e. The number of benzene rings is 2. The summed E-state index contributed by atoms with van der Waals surface area (Å²) < 4.78 is 47.5. The fourth-order valence-corrected chi connectivity index (χ4v) is 5.50. The lowest BCUT2D eigenvalue weighted by Gasteiger charge is -2.20. The first-order valence-corrected chi connectivity index (χ1v) is 18.5. The summed E-state index contributed by atoms with van der Waals surface area (Å²) in [5.74, 6) is 0.116. The van der Waals surface area contributed by atoms with Crippen LogP contribution in [0.4, 0.5) is 4.79 Å².